The molecule has 0 radical (unpaired) electrons. The number of rotatable bonds is 4. The molecule has 0 aliphatic rings. The quantitative estimate of drug-likeness (QED) is 0.508. The molecule has 0 saturated heterocycles. The fourth-order valence-corrected chi connectivity index (χ4v) is 2.70. The van der Waals surface area contributed by atoms with Gasteiger partial charge in [0.05, 0.1) is 0 Å². The van der Waals surface area contributed by atoms with Crippen molar-refractivity contribution in [2.45, 2.75) is 0 Å². The molecule has 0 aliphatic carbocycles. The average molecular weight is 365 g/mol. The van der Waals surface area contributed by atoms with Crippen molar-refractivity contribution in [3.05, 3.63) is 59.8 Å². The third-order valence-corrected chi connectivity index (χ3v) is 4.06. The van der Waals surface area contributed by atoms with E-state index in [1.54, 1.807) is 12.3 Å². The van der Waals surface area contributed by atoms with E-state index in [2.05, 4.69) is 35.9 Å². The van der Waals surface area contributed by atoms with E-state index in [-0.39, 0.29) is 0 Å². The molecule has 4 N–H and O–H groups in total. The number of aromatic amines is 1. The zero-order valence-corrected chi connectivity index (χ0v) is 14.1. The maximum atomic E-state index is 6.21. The Morgan fingerprint density at radius 3 is 2.50 bits per heavy atom. The molecule has 4 aromatic rings. The smallest absolute Gasteiger partial charge is 0.229 e. The van der Waals surface area contributed by atoms with Crippen molar-refractivity contribution in [1.29, 1.82) is 0 Å². The molecular weight excluding hydrogens is 352 g/mol. The predicted molar refractivity (Wildman–Crippen MR) is 99.8 cm³/mol. The third kappa shape index (κ3) is 3.17. The zero-order chi connectivity index (χ0) is 17.9. The number of halogens is 1. The van der Waals surface area contributed by atoms with Gasteiger partial charge in [-0.2, -0.15) is 10.2 Å². The van der Waals surface area contributed by atoms with Gasteiger partial charge in [-0.05, 0) is 35.5 Å². The van der Waals surface area contributed by atoms with Crippen LogP contribution in [0.25, 0.3) is 22.5 Å². The van der Waals surface area contributed by atoms with Crippen molar-refractivity contribution in [2.75, 3.05) is 11.1 Å². The summed E-state index contributed by atoms with van der Waals surface area (Å²) in [6.07, 6.45) is 1.65. The Morgan fingerprint density at radius 1 is 1.00 bits per heavy atom. The van der Waals surface area contributed by atoms with Crippen molar-refractivity contribution in [1.82, 2.24) is 30.6 Å². The lowest BCUT2D eigenvalue weighted by Gasteiger charge is -2.10. The summed E-state index contributed by atoms with van der Waals surface area (Å²) in [5.41, 5.74) is 9.22. The van der Waals surface area contributed by atoms with Gasteiger partial charge >= 0.3 is 0 Å². The van der Waals surface area contributed by atoms with E-state index in [1.165, 1.54) is 0 Å². The Bertz CT molecular complexity index is 1030. The summed E-state index contributed by atoms with van der Waals surface area (Å²) in [6, 6.07) is 14.9. The highest BCUT2D eigenvalue weighted by atomic mass is 35.5. The van der Waals surface area contributed by atoms with Crippen LogP contribution in [0.4, 0.5) is 17.5 Å². The van der Waals surface area contributed by atoms with E-state index < -0.39 is 0 Å². The summed E-state index contributed by atoms with van der Waals surface area (Å²) in [5.74, 6) is 1.27. The Balaban J connectivity index is 1.56. The first kappa shape index (κ1) is 16.0. The van der Waals surface area contributed by atoms with Gasteiger partial charge in [0.25, 0.3) is 0 Å². The maximum Gasteiger partial charge on any atom is 0.229 e. The molecule has 26 heavy (non-hydrogen) atoms. The van der Waals surface area contributed by atoms with Crippen molar-refractivity contribution in [3.63, 3.8) is 0 Å². The molecule has 0 spiro atoms. The molecule has 2 aromatic heterocycles. The second-order valence-corrected chi connectivity index (χ2v) is 5.82. The summed E-state index contributed by atoms with van der Waals surface area (Å²) in [7, 11) is 0. The molecule has 8 nitrogen and oxygen atoms in total. The first-order valence-corrected chi connectivity index (χ1v) is 8.07. The fraction of sp³-hybridized carbons (Fsp3) is 0. The van der Waals surface area contributed by atoms with Crippen LogP contribution in [-0.4, -0.2) is 30.6 Å². The van der Waals surface area contributed by atoms with Crippen molar-refractivity contribution in [2.24, 2.45) is 0 Å². The molecule has 0 saturated carbocycles. The molecule has 128 valence electrons. The molecule has 2 aromatic carbocycles. The van der Waals surface area contributed by atoms with Crippen molar-refractivity contribution >= 4 is 29.1 Å². The largest absolute Gasteiger partial charge is 0.383 e. The van der Waals surface area contributed by atoms with Gasteiger partial charge in [-0.15, -0.1) is 10.2 Å². The predicted octanol–water partition coefficient (Wildman–Crippen LogP) is 3.30. The molecule has 0 amide bonds. The van der Waals surface area contributed by atoms with Crippen molar-refractivity contribution < 1.29 is 0 Å². The monoisotopic (exact) mass is 364 g/mol. The van der Waals surface area contributed by atoms with Crippen LogP contribution in [0.1, 0.15) is 0 Å². The fourth-order valence-electron chi connectivity index (χ4n) is 2.46. The average Bonchev–Trinajstić information content (AvgIpc) is 3.18. The highest BCUT2D eigenvalue weighted by Gasteiger charge is 2.10. The Kier molecular flexibility index (Phi) is 4.16. The Labute approximate surface area is 153 Å². The van der Waals surface area contributed by atoms with Crippen LogP contribution in [0.2, 0.25) is 5.02 Å². The van der Waals surface area contributed by atoms with E-state index in [4.69, 9.17) is 17.3 Å². The van der Waals surface area contributed by atoms with Crippen LogP contribution in [-0.2, 0) is 0 Å². The number of benzene rings is 2. The number of hydrogen-bond donors (Lipinski definition) is 3. The van der Waals surface area contributed by atoms with E-state index in [9.17, 15) is 0 Å². The molecule has 2 heterocycles. The molecule has 0 aliphatic heterocycles. The number of nitrogens with two attached hydrogens (primary N) is 1. The van der Waals surface area contributed by atoms with Gasteiger partial charge in [0.1, 0.15) is 5.82 Å². The normalized spacial score (nSPS) is 10.7. The van der Waals surface area contributed by atoms with Crippen LogP contribution in [0.3, 0.4) is 0 Å². The molecule has 0 bridgehead atoms. The summed E-state index contributed by atoms with van der Waals surface area (Å²) < 4.78 is 0. The molecule has 0 unspecified atom stereocenters. The first-order chi connectivity index (χ1) is 12.7. The second-order valence-electron chi connectivity index (χ2n) is 5.41. The van der Waals surface area contributed by atoms with Gasteiger partial charge in [-0.3, -0.25) is 0 Å². The summed E-state index contributed by atoms with van der Waals surface area (Å²) in [6.45, 7) is 0. The molecule has 9 heteroatoms. The highest BCUT2D eigenvalue weighted by molar-refractivity contribution is 6.33. The molecule has 0 fully saturated rings. The molecular formula is C17H13ClN8. The summed E-state index contributed by atoms with van der Waals surface area (Å²) in [4.78, 5) is 8.64. The Morgan fingerprint density at radius 2 is 1.81 bits per heavy atom. The SMILES string of the molecule is Nc1nc(Nc2ccc(-c3nn[nH]n3)cc2)ncc1-c1ccccc1Cl. The van der Waals surface area contributed by atoms with Crippen LogP contribution in [0.5, 0.6) is 0 Å². The van der Waals surface area contributed by atoms with E-state index in [1.807, 2.05) is 42.5 Å². The lowest BCUT2D eigenvalue weighted by Crippen LogP contribution is -2.02. The van der Waals surface area contributed by atoms with Crippen molar-refractivity contribution in [3.8, 4) is 22.5 Å². The number of tetrazole rings is 1. The lowest BCUT2D eigenvalue weighted by atomic mass is 10.1. The van der Waals surface area contributed by atoms with Gasteiger partial charge < -0.3 is 11.1 Å². The number of anilines is 3. The Hall–Kier alpha value is -3.52. The van der Waals surface area contributed by atoms with Crippen LogP contribution >= 0.6 is 11.6 Å². The van der Waals surface area contributed by atoms with Crippen LogP contribution in [0, 0.1) is 0 Å². The topological polar surface area (TPSA) is 118 Å². The van der Waals surface area contributed by atoms with E-state index in [0.29, 0.717) is 28.2 Å². The molecule has 0 atom stereocenters. The summed E-state index contributed by atoms with van der Waals surface area (Å²) in [5, 5.41) is 17.5. The number of nitrogen functional groups attached to an aromatic ring is 1. The molecule has 4 rings (SSSR count). The number of H-pyrrole nitrogens is 1. The highest BCUT2D eigenvalue weighted by Crippen LogP contribution is 2.31. The van der Waals surface area contributed by atoms with Gasteiger partial charge in [0.15, 0.2) is 0 Å². The number of nitrogens with zero attached hydrogens (tertiary/aromatic N) is 5. The van der Waals surface area contributed by atoms with Crippen LogP contribution in [0.15, 0.2) is 54.7 Å². The lowest BCUT2D eigenvalue weighted by molar-refractivity contribution is 0.881. The number of hydrogen-bond acceptors (Lipinski definition) is 7. The minimum Gasteiger partial charge on any atom is -0.383 e. The minimum absolute atomic E-state index is 0.346. The van der Waals surface area contributed by atoms with Gasteiger partial charge in [-0.1, -0.05) is 29.8 Å². The number of aromatic nitrogens is 6. The summed E-state index contributed by atoms with van der Waals surface area (Å²) >= 11 is 6.21. The third-order valence-electron chi connectivity index (χ3n) is 3.73. The number of nitrogens with one attached hydrogen (secondary N) is 2. The van der Waals surface area contributed by atoms with Gasteiger partial charge in [-0.25, -0.2) is 4.98 Å². The zero-order valence-electron chi connectivity index (χ0n) is 13.4. The van der Waals surface area contributed by atoms with Crippen LogP contribution < -0.4 is 11.1 Å². The van der Waals surface area contributed by atoms with E-state index >= 15 is 0 Å². The standard InChI is InChI=1S/C17H13ClN8/c18-14-4-2-1-3-12(14)13-9-20-17(22-15(13)19)21-11-7-5-10(6-8-11)16-23-25-26-24-16/h1-9H,(H3,19,20,21,22)(H,23,24,25,26). The first-order valence-electron chi connectivity index (χ1n) is 7.69. The van der Waals surface area contributed by atoms with Gasteiger partial charge in [0, 0.05) is 33.6 Å². The van der Waals surface area contributed by atoms with E-state index in [0.717, 1.165) is 16.8 Å². The minimum atomic E-state index is 0.346. The second kappa shape index (κ2) is 6.77. The van der Waals surface area contributed by atoms with Gasteiger partial charge in [0.2, 0.25) is 11.8 Å². The maximum absolute atomic E-state index is 6.21.